The van der Waals surface area contributed by atoms with Gasteiger partial charge in [0, 0.05) is 4.88 Å². The molecule has 0 atom stereocenters. The zero-order valence-corrected chi connectivity index (χ0v) is 12.8. The van der Waals surface area contributed by atoms with E-state index in [1.807, 2.05) is 30.3 Å². The van der Waals surface area contributed by atoms with Crippen molar-refractivity contribution >= 4 is 27.8 Å². The maximum atomic E-state index is 12.7. The largest absolute Gasteiger partial charge is 0.282 e. The van der Waals surface area contributed by atoms with Crippen LogP contribution in [0.25, 0.3) is 10.2 Å². The van der Waals surface area contributed by atoms with Crippen LogP contribution in [-0.4, -0.2) is 15.9 Å². The zero-order chi connectivity index (χ0) is 14.9. The van der Waals surface area contributed by atoms with E-state index >= 15 is 0 Å². The Labute approximate surface area is 131 Å². The van der Waals surface area contributed by atoms with Crippen molar-refractivity contribution in [1.82, 2.24) is 9.66 Å². The summed E-state index contributed by atoms with van der Waals surface area (Å²) in [4.78, 5) is 19.3. The van der Waals surface area contributed by atoms with E-state index in [0.29, 0.717) is 0 Å². The smallest absolute Gasteiger partial charge is 0.267 e. The highest BCUT2D eigenvalue weighted by atomic mass is 32.1. The molecule has 4 nitrogen and oxygen atoms in total. The van der Waals surface area contributed by atoms with E-state index in [4.69, 9.17) is 0 Å². The molecule has 0 saturated heterocycles. The van der Waals surface area contributed by atoms with Gasteiger partial charge in [-0.1, -0.05) is 30.3 Å². The van der Waals surface area contributed by atoms with Gasteiger partial charge in [-0.3, -0.25) is 4.79 Å². The lowest BCUT2D eigenvalue weighted by Crippen LogP contribution is -2.18. The summed E-state index contributed by atoms with van der Waals surface area (Å²) >= 11 is 1.66. The van der Waals surface area contributed by atoms with Crippen LogP contribution in [-0.2, 0) is 12.8 Å². The SMILES string of the molecule is O=c1c2c3c(sc2ncn1/N=C\c1ccccc1)CCCC3. The lowest BCUT2D eigenvalue weighted by molar-refractivity contribution is 0.699. The van der Waals surface area contributed by atoms with Gasteiger partial charge >= 0.3 is 0 Å². The number of hydrogen-bond acceptors (Lipinski definition) is 4. The summed E-state index contributed by atoms with van der Waals surface area (Å²) in [6.07, 6.45) is 7.63. The fourth-order valence-electron chi connectivity index (χ4n) is 2.89. The molecule has 0 radical (unpaired) electrons. The molecule has 0 bridgehead atoms. The predicted molar refractivity (Wildman–Crippen MR) is 90.0 cm³/mol. The predicted octanol–water partition coefficient (Wildman–Crippen LogP) is 3.22. The van der Waals surface area contributed by atoms with Crippen LogP contribution in [0.2, 0.25) is 0 Å². The maximum absolute atomic E-state index is 12.7. The topological polar surface area (TPSA) is 47.2 Å². The molecule has 3 aromatic rings. The molecule has 2 aromatic heterocycles. The van der Waals surface area contributed by atoms with Crippen LogP contribution in [0.1, 0.15) is 28.8 Å². The third kappa shape index (κ3) is 2.27. The number of aryl methyl sites for hydroxylation is 2. The fraction of sp³-hybridized carbons (Fsp3) is 0.235. The number of aromatic nitrogens is 2. The Morgan fingerprint density at radius 2 is 2.00 bits per heavy atom. The molecule has 2 heterocycles. The van der Waals surface area contributed by atoms with E-state index < -0.39 is 0 Å². The highest BCUT2D eigenvalue weighted by Crippen LogP contribution is 2.33. The molecule has 1 aliphatic carbocycles. The van der Waals surface area contributed by atoms with Crippen LogP contribution >= 0.6 is 11.3 Å². The van der Waals surface area contributed by atoms with Crippen molar-refractivity contribution in [1.29, 1.82) is 0 Å². The first-order chi connectivity index (χ1) is 10.8. The average molecular weight is 309 g/mol. The first-order valence-electron chi connectivity index (χ1n) is 7.44. The average Bonchev–Trinajstić information content (AvgIpc) is 2.94. The molecule has 0 N–H and O–H groups in total. The number of nitrogens with zero attached hydrogens (tertiary/aromatic N) is 3. The van der Waals surface area contributed by atoms with Crippen LogP contribution in [0, 0.1) is 0 Å². The minimum absolute atomic E-state index is 0.0587. The Hall–Kier alpha value is -2.27. The van der Waals surface area contributed by atoms with Crippen molar-refractivity contribution in [2.24, 2.45) is 5.10 Å². The number of thiophene rings is 1. The van der Waals surface area contributed by atoms with Gasteiger partial charge in [0.2, 0.25) is 0 Å². The number of hydrogen-bond donors (Lipinski definition) is 0. The normalized spacial score (nSPS) is 14.5. The van der Waals surface area contributed by atoms with E-state index in [9.17, 15) is 4.79 Å². The Morgan fingerprint density at radius 1 is 1.18 bits per heavy atom. The molecule has 0 saturated carbocycles. The molecule has 110 valence electrons. The van der Waals surface area contributed by atoms with Gasteiger partial charge in [0.05, 0.1) is 11.6 Å². The Bertz CT molecular complexity index is 909. The van der Waals surface area contributed by atoms with Gasteiger partial charge in [-0.05, 0) is 36.8 Å². The second-order valence-corrected chi connectivity index (χ2v) is 6.52. The molecule has 0 amide bonds. The molecule has 4 rings (SSSR count). The first-order valence-corrected chi connectivity index (χ1v) is 8.26. The summed E-state index contributed by atoms with van der Waals surface area (Å²) in [5, 5.41) is 5.05. The Kier molecular flexibility index (Phi) is 3.35. The van der Waals surface area contributed by atoms with E-state index in [1.54, 1.807) is 17.6 Å². The van der Waals surface area contributed by atoms with Gasteiger partial charge in [0.1, 0.15) is 11.2 Å². The van der Waals surface area contributed by atoms with Gasteiger partial charge in [-0.25, -0.2) is 4.98 Å². The third-order valence-corrected chi connectivity index (χ3v) is 5.19. The van der Waals surface area contributed by atoms with Crippen molar-refractivity contribution in [3.63, 3.8) is 0 Å². The molecule has 0 spiro atoms. The van der Waals surface area contributed by atoms with Crippen molar-refractivity contribution in [2.75, 3.05) is 0 Å². The van der Waals surface area contributed by atoms with Gasteiger partial charge in [-0.15, -0.1) is 11.3 Å². The number of benzene rings is 1. The minimum Gasteiger partial charge on any atom is -0.267 e. The first kappa shape index (κ1) is 13.4. The van der Waals surface area contributed by atoms with Crippen LogP contribution in [0.5, 0.6) is 0 Å². The van der Waals surface area contributed by atoms with E-state index in [0.717, 1.165) is 35.0 Å². The lowest BCUT2D eigenvalue weighted by Gasteiger charge is -2.09. The second-order valence-electron chi connectivity index (χ2n) is 5.44. The molecule has 0 unspecified atom stereocenters. The Balaban J connectivity index is 1.81. The van der Waals surface area contributed by atoms with Crippen LogP contribution in [0.3, 0.4) is 0 Å². The molecule has 5 heteroatoms. The van der Waals surface area contributed by atoms with E-state index in [2.05, 4.69) is 10.1 Å². The van der Waals surface area contributed by atoms with Crippen molar-refractivity contribution in [2.45, 2.75) is 25.7 Å². The van der Waals surface area contributed by atoms with Crippen molar-refractivity contribution in [3.05, 3.63) is 63.0 Å². The second kappa shape index (κ2) is 5.50. The van der Waals surface area contributed by atoms with Crippen LogP contribution < -0.4 is 5.56 Å². The monoisotopic (exact) mass is 309 g/mol. The van der Waals surface area contributed by atoms with Crippen molar-refractivity contribution in [3.8, 4) is 0 Å². The Morgan fingerprint density at radius 3 is 2.86 bits per heavy atom. The van der Waals surface area contributed by atoms with Gasteiger partial charge < -0.3 is 0 Å². The molecule has 1 aliphatic rings. The van der Waals surface area contributed by atoms with Gasteiger partial charge in [-0.2, -0.15) is 9.78 Å². The van der Waals surface area contributed by atoms with E-state index in [-0.39, 0.29) is 5.56 Å². The molecular weight excluding hydrogens is 294 g/mol. The molecule has 0 fully saturated rings. The quantitative estimate of drug-likeness (QED) is 0.682. The fourth-order valence-corrected chi connectivity index (χ4v) is 4.11. The molecular formula is C17H15N3OS. The summed E-state index contributed by atoms with van der Waals surface area (Å²) in [6, 6.07) is 9.75. The summed E-state index contributed by atoms with van der Waals surface area (Å²) in [7, 11) is 0. The molecule has 22 heavy (non-hydrogen) atoms. The summed E-state index contributed by atoms with van der Waals surface area (Å²) in [6.45, 7) is 0. The van der Waals surface area contributed by atoms with Crippen LogP contribution in [0.15, 0.2) is 46.6 Å². The summed E-state index contributed by atoms with van der Waals surface area (Å²) in [5.74, 6) is 0. The van der Waals surface area contributed by atoms with Crippen LogP contribution in [0.4, 0.5) is 0 Å². The molecule has 1 aromatic carbocycles. The maximum Gasteiger partial charge on any atom is 0.282 e. The number of rotatable bonds is 2. The standard InChI is InChI=1S/C17H15N3OS/c21-17-15-13-8-4-5-9-14(13)22-16(15)18-11-20(17)19-10-12-6-2-1-3-7-12/h1-3,6-7,10-11H,4-5,8-9H2/b19-10-. The minimum atomic E-state index is -0.0587. The van der Waals surface area contributed by atoms with E-state index in [1.165, 1.54) is 27.9 Å². The van der Waals surface area contributed by atoms with Gasteiger partial charge in [0.25, 0.3) is 5.56 Å². The highest BCUT2D eigenvalue weighted by Gasteiger charge is 2.19. The van der Waals surface area contributed by atoms with Gasteiger partial charge in [0.15, 0.2) is 0 Å². The highest BCUT2D eigenvalue weighted by molar-refractivity contribution is 7.18. The third-order valence-electron chi connectivity index (χ3n) is 3.99. The lowest BCUT2D eigenvalue weighted by atomic mass is 9.97. The number of fused-ring (bicyclic) bond motifs is 3. The van der Waals surface area contributed by atoms with Crippen molar-refractivity contribution < 1.29 is 0 Å². The molecule has 0 aliphatic heterocycles. The summed E-state index contributed by atoms with van der Waals surface area (Å²) in [5.41, 5.74) is 2.10. The zero-order valence-electron chi connectivity index (χ0n) is 12.0. The summed E-state index contributed by atoms with van der Waals surface area (Å²) < 4.78 is 1.34.